The van der Waals surface area contributed by atoms with Gasteiger partial charge in [-0.05, 0) is 48.4 Å². The maximum atomic E-state index is 11.3. The molecule has 2 atom stereocenters. The molecule has 4 nitrogen and oxygen atoms in total. The van der Waals surface area contributed by atoms with Crippen molar-refractivity contribution in [1.29, 1.82) is 0 Å². The van der Waals surface area contributed by atoms with Crippen molar-refractivity contribution in [3.63, 3.8) is 0 Å². The van der Waals surface area contributed by atoms with Crippen LogP contribution < -0.4 is 0 Å². The average molecular weight is 318 g/mol. The zero-order valence-electron chi connectivity index (χ0n) is 12.6. The summed E-state index contributed by atoms with van der Waals surface area (Å²) < 4.78 is 1.71. The minimum atomic E-state index is -0.883. The van der Waals surface area contributed by atoms with Gasteiger partial charge in [-0.25, -0.2) is 9.67 Å². The molecule has 22 heavy (non-hydrogen) atoms. The zero-order valence-corrected chi connectivity index (χ0v) is 13.4. The average Bonchev–Trinajstić information content (AvgIpc) is 2.99. The molecule has 116 valence electrons. The molecule has 1 aromatic heterocycles. The molecule has 0 amide bonds. The monoisotopic (exact) mass is 317 g/mol. The molecule has 1 aliphatic carbocycles. The van der Waals surface area contributed by atoms with Gasteiger partial charge in [-0.2, -0.15) is 5.10 Å². The van der Waals surface area contributed by atoms with Crippen molar-refractivity contribution in [3.05, 3.63) is 53.1 Å². The molecule has 0 radical (unpaired) electrons. The molecule has 1 heterocycles. The summed E-state index contributed by atoms with van der Waals surface area (Å²) in [6.45, 7) is 2.54. The van der Waals surface area contributed by atoms with Gasteiger partial charge in [0.05, 0.1) is 6.54 Å². The number of benzene rings is 1. The highest BCUT2D eigenvalue weighted by Crippen LogP contribution is 2.40. The Morgan fingerprint density at radius 1 is 1.41 bits per heavy atom. The first-order valence-corrected chi connectivity index (χ1v) is 7.97. The Bertz CT molecular complexity index is 651. The summed E-state index contributed by atoms with van der Waals surface area (Å²) in [5, 5.41) is 16.2. The van der Waals surface area contributed by atoms with Crippen molar-refractivity contribution in [2.24, 2.45) is 5.92 Å². The van der Waals surface area contributed by atoms with Crippen LogP contribution in [0.4, 0.5) is 0 Å². The summed E-state index contributed by atoms with van der Waals surface area (Å²) in [7, 11) is 0. The predicted molar refractivity (Wildman–Crippen MR) is 87.4 cm³/mol. The van der Waals surface area contributed by atoms with Gasteiger partial charge in [0.1, 0.15) is 18.3 Å². The van der Waals surface area contributed by atoms with Crippen LogP contribution in [0.2, 0.25) is 5.02 Å². The molecule has 1 saturated carbocycles. The molecule has 0 aliphatic heterocycles. The fourth-order valence-corrected chi connectivity index (χ4v) is 3.27. The van der Waals surface area contributed by atoms with E-state index in [0.29, 0.717) is 6.54 Å². The highest BCUT2D eigenvalue weighted by Gasteiger charge is 2.40. The van der Waals surface area contributed by atoms with E-state index in [0.717, 1.165) is 35.4 Å². The molecular formula is C17H20ClN3O. The lowest BCUT2D eigenvalue weighted by atomic mass is 9.72. The number of rotatable bonds is 3. The van der Waals surface area contributed by atoms with Gasteiger partial charge in [0.15, 0.2) is 0 Å². The largest absolute Gasteiger partial charge is 0.383 e. The Labute approximate surface area is 135 Å². The second-order valence-corrected chi connectivity index (χ2v) is 6.47. The predicted octanol–water partition coefficient (Wildman–Crippen LogP) is 3.57. The third kappa shape index (κ3) is 3.08. The smallest absolute Gasteiger partial charge is 0.137 e. The lowest BCUT2D eigenvalue weighted by Gasteiger charge is -2.40. The van der Waals surface area contributed by atoms with E-state index in [-0.39, 0.29) is 5.92 Å². The molecule has 3 rings (SSSR count). The van der Waals surface area contributed by atoms with Crippen LogP contribution in [0.15, 0.2) is 42.5 Å². The molecule has 1 aliphatic rings. The van der Waals surface area contributed by atoms with Gasteiger partial charge in [0, 0.05) is 5.02 Å². The fourth-order valence-electron chi connectivity index (χ4n) is 3.15. The SMILES string of the molecule is C[C@@H]1CCC/C(=C\c2ccc(Cl)cc2)[C@@]1(O)Cn1cncn1. The van der Waals surface area contributed by atoms with Crippen LogP contribution in [0.1, 0.15) is 31.7 Å². The maximum Gasteiger partial charge on any atom is 0.137 e. The molecule has 0 bridgehead atoms. The van der Waals surface area contributed by atoms with E-state index in [2.05, 4.69) is 23.1 Å². The van der Waals surface area contributed by atoms with Crippen LogP contribution in [0.3, 0.4) is 0 Å². The van der Waals surface area contributed by atoms with Crippen LogP contribution in [0.25, 0.3) is 6.08 Å². The molecule has 2 aromatic rings. The topological polar surface area (TPSA) is 50.9 Å². The fraction of sp³-hybridized carbons (Fsp3) is 0.412. The highest BCUT2D eigenvalue weighted by atomic mass is 35.5. The van der Waals surface area contributed by atoms with E-state index in [1.54, 1.807) is 11.0 Å². The molecule has 0 saturated heterocycles. The molecule has 1 aromatic carbocycles. The number of hydrogen-bond acceptors (Lipinski definition) is 3. The highest BCUT2D eigenvalue weighted by molar-refractivity contribution is 6.30. The van der Waals surface area contributed by atoms with Gasteiger partial charge in [0.25, 0.3) is 0 Å². The first kappa shape index (κ1) is 15.3. The van der Waals surface area contributed by atoms with Gasteiger partial charge >= 0.3 is 0 Å². The quantitative estimate of drug-likeness (QED) is 0.941. The zero-order chi connectivity index (χ0) is 15.6. The van der Waals surface area contributed by atoms with Crippen molar-refractivity contribution < 1.29 is 5.11 Å². The summed E-state index contributed by atoms with van der Waals surface area (Å²) in [5.41, 5.74) is 1.24. The number of aromatic nitrogens is 3. The van der Waals surface area contributed by atoms with Crippen LogP contribution in [-0.4, -0.2) is 25.5 Å². The van der Waals surface area contributed by atoms with Crippen LogP contribution >= 0.6 is 11.6 Å². The van der Waals surface area contributed by atoms with E-state index in [9.17, 15) is 5.11 Å². The second kappa shape index (κ2) is 6.23. The van der Waals surface area contributed by atoms with E-state index in [1.165, 1.54) is 6.33 Å². The lowest BCUT2D eigenvalue weighted by molar-refractivity contribution is -0.0126. The Morgan fingerprint density at radius 3 is 2.86 bits per heavy atom. The van der Waals surface area contributed by atoms with Gasteiger partial charge in [-0.15, -0.1) is 0 Å². The van der Waals surface area contributed by atoms with E-state index >= 15 is 0 Å². The van der Waals surface area contributed by atoms with E-state index in [1.807, 2.05) is 24.3 Å². The third-order valence-electron chi connectivity index (χ3n) is 4.54. The second-order valence-electron chi connectivity index (χ2n) is 6.03. The van der Waals surface area contributed by atoms with Crippen LogP contribution in [0, 0.1) is 5.92 Å². The summed E-state index contributed by atoms with van der Waals surface area (Å²) in [5.74, 6) is 0.184. The van der Waals surface area contributed by atoms with Gasteiger partial charge in [0.2, 0.25) is 0 Å². The lowest BCUT2D eigenvalue weighted by Crippen LogP contribution is -2.45. The van der Waals surface area contributed by atoms with Crippen molar-refractivity contribution in [1.82, 2.24) is 14.8 Å². The van der Waals surface area contributed by atoms with Crippen molar-refractivity contribution in [2.75, 3.05) is 0 Å². The number of nitrogens with zero attached hydrogens (tertiary/aromatic N) is 3. The van der Waals surface area contributed by atoms with Gasteiger partial charge in [-0.3, -0.25) is 0 Å². The molecular weight excluding hydrogens is 298 g/mol. The molecule has 5 heteroatoms. The van der Waals surface area contributed by atoms with Crippen LogP contribution in [0.5, 0.6) is 0 Å². The minimum Gasteiger partial charge on any atom is -0.383 e. The molecule has 0 spiro atoms. The van der Waals surface area contributed by atoms with Crippen molar-refractivity contribution in [2.45, 2.75) is 38.3 Å². The Kier molecular flexibility index (Phi) is 4.32. The number of hydrogen-bond donors (Lipinski definition) is 1. The normalized spacial score (nSPS) is 27.2. The van der Waals surface area contributed by atoms with Crippen molar-refractivity contribution in [3.8, 4) is 0 Å². The molecule has 1 fully saturated rings. The van der Waals surface area contributed by atoms with E-state index in [4.69, 9.17) is 11.6 Å². The Balaban J connectivity index is 1.93. The summed E-state index contributed by atoms with van der Waals surface area (Å²) >= 11 is 5.94. The maximum absolute atomic E-state index is 11.3. The summed E-state index contributed by atoms with van der Waals surface area (Å²) in [6.07, 6.45) is 8.25. The first-order chi connectivity index (χ1) is 10.6. The molecule has 0 unspecified atom stereocenters. The van der Waals surface area contributed by atoms with Gasteiger partial charge in [-0.1, -0.05) is 36.7 Å². The minimum absolute atomic E-state index is 0.184. The van der Waals surface area contributed by atoms with Gasteiger partial charge < -0.3 is 5.11 Å². The number of halogens is 1. The summed E-state index contributed by atoms with van der Waals surface area (Å²) in [4.78, 5) is 3.97. The number of aliphatic hydroxyl groups is 1. The van der Waals surface area contributed by atoms with E-state index < -0.39 is 5.60 Å². The molecule has 1 N–H and O–H groups in total. The van der Waals surface area contributed by atoms with Crippen LogP contribution in [-0.2, 0) is 6.54 Å². The first-order valence-electron chi connectivity index (χ1n) is 7.59. The van der Waals surface area contributed by atoms with Crippen molar-refractivity contribution >= 4 is 17.7 Å². The summed E-state index contributed by atoms with van der Waals surface area (Å²) in [6, 6.07) is 7.70. The Hall–Kier alpha value is -1.65. The third-order valence-corrected chi connectivity index (χ3v) is 4.79. The standard InChI is InChI=1S/C17H20ClN3O/c1-13-3-2-4-15(9-14-5-7-16(18)8-6-14)17(13,22)10-21-12-19-11-20-21/h5-9,11-13,22H,2-4,10H2,1H3/b15-9+/t13-,17-/m1/s1. The Morgan fingerprint density at radius 2 is 2.18 bits per heavy atom.